The monoisotopic (exact) mass is 587 g/mol. The summed E-state index contributed by atoms with van der Waals surface area (Å²) >= 11 is 1.61. The number of morpholine rings is 1. The molecule has 1 N–H and O–H groups in total. The average Bonchev–Trinajstić information content (AvgIpc) is 3.68. The lowest BCUT2D eigenvalue weighted by molar-refractivity contribution is -0.144. The van der Waals surface area contributed by atoms with Crippen molar-refractivity contribution in [1.82, 2.24) is 9.88 Å². The molecule has 3 saturated heterocycles. The van der Waals surface area contributed by atoms with Crippen molar-refractivity contribution >= 4 is 28.3 Å². The van der Waals surface area contributed by atoms with E-state index in [2.05, 4.69) is 23.3 Å². The molecule has 0 radical (unpaired) electrons. The second kappa shape index (κ2) is 11.0. The molecule has 1 amide bonds. The number of hydrogen-bond donors (Lipinski definition) is 1. The third-order valence-corrected chi connectivity index (χ3v) is 10.5. The highest BCUT2D eigenvalue weighted by molar-refractivity contribution is 7.14. The summed E-state index contributed by atoms with van der Waals surface area (Å²) in [6, 6.07) is 12.0. The summed E-state index contributed by atoms with van der Waals surface area (Å²) in [6.07, 6.45) is 4.40. The SMILES string of the molecule is Cc1ccc(OCc2ccc(C(=O)N3CC4CCC(C3)O4)cc2C)c(-c2csc(N3CC4CCC(C3)C4C(=O)O)n2)c1. The van der Waals surface area contributed by atoms with Crippen LogP contribution in [0.25, 0.3) is 11.3 Å². The van der Waals surface area contributed by atoms with Crippen LogP contribution in [-0.4, -0.2) is 65.3 Å². The maximum atomic E-state index is 13.2. The number of carbonyl (C=O) groups is 2. The molecule has 7 rings (SSSR count). The van der Waals surface area contributed by atoms with Crippen LogP contribution in [0.3, 0.4) is 0 Å². The van der Waals surface area contributed by atoms with Gasteiger partial charge in [-0.25, -0.2) is 4.98 Å². The van der Waals surface area contributed by atoms with E-state index in [1.807, 2.05) is 42.2 Å². The summed E-state index contributed by atoms with van der Waals surface area (Å²) in [5, 5.41) is 12.7. The van der Waals surface area contributed by atoms with E-state index in [1.54, 1.807) is 11.3 Å². The van der Waals surface area contributed by atoms with E-state index in [0.717, 1.165) is 77.6 Å². The highest BCUT2D eigenvalue weighted by atomic mass is 32.1. The van der Waals surface area contributed by atoms with Gasteiger partial charge in [0.25, 0.3) is 5.91 Å². The first kappa shape index (κ1) is 27.4. The van der Waals surface area contributed by atoms with E-state index in [-0.39, 0.29) is 35.9 Å². The number of hydrogen-bond acceptors (Lipinski definition) is 7. The number of rotatable bonds is 7. The fourth-order valence-electron chi connectivity index (χ4n) is 7.39. The first-order valence-electron chi connectivity index (χ1n) is 15.0. The maximum Gasteiger partial charge on any atom is 0.307 e. The van der Waals surface area contributed by atoms with E-state index in [9.17, 15) is 14.7 Å². The van der Waals surface area contributed by atoms with E-state index in [4.69, 9.17) is 14.5 Å². The number of aromatic nitrogens is 1. The van der Waals surface area contributed by atoms with Gasteiger partial charge in [0, 0.05) is 42.7 Å². The quantitative estimate of drug-likeness (QED) is 0.387. The minimum Gasteiger partial charge on any atom is -0.488 e. The molecule has 4 heterocycles. The summed E-state index contributed by atoms with van der Waals surface area (Å²) in [4.78, 5) is 34.2. The Morgan fingerprint density at radius 3 is 2.43 bits per heavy atom. The molecule has 4 bridgehead atoms. The summed E-state index contributed by atoms with van der Waals surface area (Å²) < 4.78 is 12.3. The van der Waals surface area contributed by atoms with Crippen molar-refractivity contribution in [3.05, 3.63) is 64.0 Å². The van der Waals surface area contributed by atoms with Crippen LogP contribution in [0, 0.1) is 31.6 Å². The minimum atomic E-state index is -0.649. The van der Waals surface area contributed by atoms with Gasteiger partial charge in [0.2, 0.25) is 0 Å². The van der Waals surface area contributed by atoms with Crippen molar-refractivity contribution in [2.75, 3.05) is 31.1 Å². The van der Waals surface area contributed by atoms with E-state index in [1.165, 1.54) is 0 Å². The standard InChI is InChI=1S/C33H37N3O5S/c1-19-3-10-29(27(11-19)28-18-42-33(34-28)36-13-22-5-6-23(14-36)30(22)32(38)39)40-17-24-7-4-21(12-20(24)2)31(37)35-15-25-8-9-26(16-35)41-25/h3-4,7,10-12,18,22-23,25-26,30H,5-6,8-9,13-17H2,1-2H3,(H,38,39). The smallest absolute Gasteiger partial charge is 0.307 e. The number of anilines is 1. The number of likely N-dealkylation sites (tertiary alicyclic amines) is 1. The lowest BCUT2D eigenvalue weighted by atomic mass is 9.85. The zero-order valence-corrected chi connectivity index (χ0v) is 24.9. The third-order valence-electron chi connectivity index (χ3n) is 9.60. The predicted octanol–water partition coefficient (Wildman–Crippen LogP) is 5.56. The Kier molecular flexibility index (Phi) is 7.18. The van der Waals surface area contributed by atoms with E-state index < -0.39 is 5.97 Å². The van der Waals surface area contributed by atoms with Crippen LogP contribution in [0.1, 0.15) is 52.7 Å². The molecule has 1 aromatic heterocycles. The zero-order chi connectivity index (χ0) is 29.0. The van der Waals surface area contributed by atoms with Crippen molar-refractivity contribution in [2.24, 2.45) is 17.8 Å². The van der Waals surface area contributed by atoms with Crippen LogP contribution >= 0.6 is 11.3 Å². The van der Waals surface area contributed by atoms with Gasteiger partial charge >= 0.3 is 5.97 Å². The first-order valence-corrected chi connectivity index (χ1v) is 15.9. The highest BCUT2D eigenvalue weighted by Crippen LogP contribution is 2.44. The fraction of sp³-hybridized carbons (Fsp3) is 0.485. The Balaban J connectivity index is 1.05. The van der Waals surface area contributed by atoms with Crippen LogP contribution < -0.4 is 9.64 Å². The number of carboxylic acid groups (broad SMARTS) is 1. The molecule has 1 saturated carbocycles. The third kappa shape index (κ3) is 5.17. The van der Waals surface area contributed by atoms with Crippen LogP contribution in [0.2, 0.25) is 0 Å². The molecule has 3 aliphatic heterocycles. The number of amides is 1. The molecular weight excluding hydrogens is 550 g/mol. The number of piperidine rings is 1. The number of carboxylic acids is 1. The van der Waals surface area contributed by atoms with Gasteiger partial charge in [0.1, 0.15) is 12.4 Å². The molecule has 4 atom stereocenters. The van der Waals surface area contributed by atoms with E-state index in [0.29, 0.717) is 25.3 Å². The second-order valence-corrected chi connectivity index (χ2v) is 13.3. The normalized spacial score (nSPS) is 26.5. The number of carbonyl (C=O) groups excluding carboxylic acids is 1. The summed E-state index contributed by atoms with van der Waals surface area (Å²) in [7, 11) is 0. The van der Waals surface area contributed by atoms with Gasteiger partial charge in [-0.05, 0) is 86.8 Å². The van der Waals surface area contributed by atoms with E-state index >= 15 is 0 Å². The van der Waals surface area contributed by atoms with Crippen molar-refractivity contribution in [1.29, 1.82) is 0 Å². The number of benzene rings is 2. The second-order valence-electron chi connectivity index (χ2n) is 12.5. The number of nitrogens with zero attached hydrogens (tertiary/aromatic N) is 3. The molecule has 4 aliphatic rings. The van der Waals surface area contributed by atoms with Crippen molar-refractivity contribution in [3.63, 3.8) is 0 Å². The summed E-state index contributed by atoms with van der Waals surface area (Å²) in [5.41, 5.74) is 5.73. The molecule has 8 nitrogen and oxygen atoms in total. The molecule has 4 fully saturated rings. The molecule has 3 aromatic rings. The van der Waals surface area contributed by atoms with Crippen LogP contribution in [0.15, 0.2) is 41.8 Å². The molecule has 1 aliphatic carbocycles. The fourth-order valence-corrected chi connectivity index (χ4v) is 8.24. The lowest BCUT2D eigenvalue weighted by Crippen LogP contribution is -2.45. The van der Waals surface area contributed by atoms with Gasteiger partial charge in [-0.3, -0.25) is 9.59 Å². The molecular formula is C33H37N3O5S. The average molecular weight is 588 g/mol. The first-order chi connectivity index (χ1) is 20.3. The van der Waals surface area contributed by atoms with Crippen molar-refractivity contribution < 1.29 is 24.2 Å². The number of aryl methyl sites for hydroxylation is 2. The molecule has 220 valence electrons. The Morgan fingerprint density at radius 2 is 1.74 bits per heavy atom. The van der Waals surface area contributed by atoms with Crippen molar-refractivity contribution in [3.8, 4) is 17.0 Å². The Bertz CT molecular complexity index is 1500. The Labute approximate surface area is 250 Å². The largest absolute Gasteiger partial charge is 0.488 e. The number of thiazole rings is 1. The van der Waals surface area contributed by atoms with Crippen LogP contribution in [-0.2, 0) is 16.1 Å². The van der Waals surface area contributed by atoms with Crippen LogP contribution in [0.5, 0.6) is 5.75 Å². The Hall–Kier alpha value is -3.43. The van der Waals surface area contributed by atoms with Gasteiger partial charge in [0.05, 0.1) is 23.8 Å². The number of fused-ring (bicyclic) bond motifs is 4. The van der Waals surface area contributed by atoms with Gasteiger partial charge in [-0.1, -0.05) is 17.7 Å². The van der Waals surface area contributed by atoms with Crippen LogP contribution in [0.4, 0.5) is 5.13 Å². The Morgan fingerprint density at radius 1 is 1.00 bits per heavy atom. The minimum absolute atomic E-state index is 0.0751. The molecule has 0 spiro atoms. The van der Waals surface area contributed by atoms with Gasteiger partial charge in [-0.2, -0.15) is 0 Å². The summed E-state index contributed by atoms with van der Waals surface area (Å²) in [6.45, 7) is 7.34. The predicted molar refractivity (Wildman–Crippen MR) is 161 cm³/mol. The highest BCUT2D eigenvalue weighted by Gasteiger charge is 2.46. The van der Waals surface area contributed by atoms with Gasteiger partial charge in [0.15, 0.2) is 5.13 Å². The zero-order valence-electron chi connectivity index (χ0n) is 24.1. The maximum absolute atomic E-state index is 13.2. The van der Waals surface area contributed by atoms with Gasteiger partial charge in [-0.15, -0.1) is 11.3 Å². The van der Waals surface area contributed by atoms with Gasteiger partial charge < -0.3 is 24.4 Å². The number of ether oxygens (including phenoxy) is 2. The molecule has 2 aromatic carbocycles. The molecule has 42 heavy (non-hydrogen) atoms. The molecule has 9 heteroatoms. The summed E-state index contributed by atoms with van der Waals surface area (Å²) in [5.74, 6) is 0.365. The van der Waals surface area contributed by atoms with Crippen molar-refractivity contribution in [2.45, 2.75) is 58.3 Å². The molecule has 4 unspecified atom stereocenters. The lowest BCUT2D eigenvalue weighted by Gasteiger charge is -2.35. The number of aliphatic carboxylic acids is 1. The topological polar surface area (TPSA) is 92.2 Å².